The molecular weight excluding hydrogens is 392 g/mol. The normalized spacial score (nSPS) is 15.5. The van der Waals surface area contributed by atoms with Gasteiger partial charge in [-0.2, -0.15) is 11.8 Å². The van der Waals surface area contributed by atoms with E-state index in [0.29, 0.717) is 6.54 Å². The molecule has 1 heterocycles. The van der Waals surface area contributed by atoms with Crippen molar-refractivity contribution in [3.05, 3.63) is 46.5 Å². The molecular formula is C20H29ClN6S. The van der Waals surface area contributed by atoms with E-state index in [9.17, 15) is 0 Å². The lowest BCUT2D eigenvalue weighted by atomic mass is 9.96. The van der Waals surface area contributed by atoms with Gasteiger partial charge in [-0.3, -0.25) is 0 Å². The Labute approximate surface area is 176 Å². The number of aryl methyl sites for hydroxylation is 1. The molecule has 8 heteroatoms. The van der Waals surface area contributed by atoms with Gasteiger partial charge in [0.05, 0.1) is 0 Å². The Balaban J connectivity index is 1.64. The van der Waals surface area contributed by atoms with Crippen LogP contribution in [0.15, 0.2) is 29.3 Å². The van der Waals surface area contributed by atoms with Crippen molar-refractivity contribution in [3.63, 3.8) is 0 Å². The SMILES string of the molecule is CSCCCNC(=NCc1nnc(C)n1C)NCC1(c2cccc(Cl)c2)CC1. The van der Waals surface area contributed by atoms with Crippen molar-refractivity contribution >= 4 is 29.3 Å². The van der Waals surface area contributed by atoms with Crippen molar-refractivity contribution in [2.75, 3.05) is 25.1 Å². The minimum Gasteiger partial charge on any atom is -0.356 e. The van der Waals surface area contributed by atoms with Crippen molar-refractivity contribution in [1.82, 2.24) is 25.4 Å². The number of benzene rings is 1. The maximum absolute atomic E-state index is 6.20. The maximum Gasteiger partial charge on any atom is 0.191 e. The van der Waals surface area contributed by atoms with Crippen molar-refractivity contribution in [3.8, 4) is 0 Å². The van der Waals surface area contributed by atoms with Gasteiger partial charge >= 0.3 is 0 Å². The van der Waals surface area contributed by atoms with Crippen molar-refractivity contribution < 1.29 is 0 Å². The molecule has 2 aromatic rings. The summed E-state index contributed by atoms with van der Waals surface area (Å²) in [6.45, 7) is 4.19. The number of nitrogens with one attached hydrogen (secondary N) is 2. The van der Waals surface area contributed by atoms with Gasteiger partial charge in [0.2, 0.25) is 0 Å². The first kappa shape index (κ1) is 21.0. The van der Waals surface area contributed by atoms with E-state index >= 15 is 0 Å². The fourth-order valence-corrected chi connectivity index (χ4v) is 3.75. The second-order valence-electron chi connectivity index (χ2n) is 7.30. The first-order chi connectivity index (χ1) is 13.5. The molecule has 1 aromatic carbocycles. The minimum atomic E-state index is 0.161. The topological polar surface area (TPSA) is 67.1 Å². The summed E-state index contributed by atoms with van der Waals surface area (Å²) in [4.78, 5) is 4.75. The quantitative estimate of drug-likeness (QED) is 0.370. The molecule has 152 valence electrons. The molecule has 1 aliphatic carbocycles. The highest BCUT2D eigenvalue weighted by molar-refractivity contribution is 7.98. The lowest BCUT2D eigenvalue weighted by molar-refractivity contribution is 0.641. The average molecular weight is 421 g/mol. The average Bonchev–Trinajstić information content (AvgIpc) is 3.42. The highest BCUT2D eigenvalue weighted by Gasteiger charge is 2.44. The third-order valence-electron chi connectivity index (χ3n) is 5.26. The Hall–Kier alpha value is -1.73. The number of hydrogen-bond acceptors (Lipinski definition) is 4. The monoisotopic (exact) mass is 420 g/mol. The number of guanidine groups is 1. The van der Waals surface area contributed by atoms with E-state index in [1.54, 1.807) is 0 Å². The van der Waals surface area contributed by atoms with E-state index in [0.717, 1.165) is 47.9 Å². The van der Waals surface area contributed by atoms with Crippen LogP contribution in [0.2, 0.25) is 5.02 Å². The molecule has 0 atom stereocenters. The molecule has 0 aliphatic heterocycles. The van der Waals surface area contributed by atoms with E-state index in [-0.39, 0.29) is 5.41 Å². The molecule has 1 aromatic heterocycles. The summed E-state index contributed by atoms with van der Waals surface area (Å²) in [5.41, 5.74) is 1.46. The molecule has 0 radical (unpaired) electrons. The molecule has 1 saturated carbocycles. The van der Waals surface area contributed by atoms with Crippen LogP contribution in [0.25, 0.3) is 0 Å². The number of aliphatic imine (C=N–C) groups is 1. The van der Waals surface area contributed by atoms with Crippen LogP contribution in [0.3, 0.4) is 0 Å². The van der Waals surface area contributed by atoms with Gasteiger partial charge in [-0.05, 0) is 55.9 Å². The first-order valence-electron chi connectivity index (χ1n) is 9.66. The van der Waals surface area contributed by atoms with Gasteiger partial charge in [0.1, 0.15) is 12.4 Å². The fraction of sp³-hybridized carbons (Fsp3) is 0.550. The van der Waals surface area contributed by atoms with Crippen LogP contribution in [0.4, 0.5) is 0 Å². The van der Waals surface area contributed by atoms with E-state index < -0.39 is 0 Å². The third-order valence-corrected chi connectivity index (χ3v) is 6.20. The van der Waals surface area contributed by atoms with Crippen LogP contribution < -0.4 is 10.6 Å². The molecule has 28 heavy (non-hydrogen) atoms. The van der Waals surface area contributed by atoms with Gasteiger partial charge in [-0.1, -0.05) is 23.7 Å². The Bertz CT molecular complexity index is 815. The zero-order valence-corrected chi connectivity index (χ0v) is 18.4. The zero-order valence-electron chi connectivity index (χ0n) is 16.8. The number of halogens is 1. The van der Waals surface area contributed by atoms with Gasteiger partial charge in [-0.15, -0.1) is 10.2 Å². The summed E-state index contributed by atoms with van der Waals surface area (Å²) >= 11 is 8.06. The summed E-state index contributed by atoms with van der Waals surface area (Å²) in [6.07, 6.45) is 5.57. The Morgan fingerprint density at radius 2 is 2.14 bits per heavy atom. The zero-order chi connectivity index (χ0) is 20.0. The summed E-state index contributed by atoms with van der Waals surface area (Å²) in [6, 6.07) is 8.22. The number of rotatable bonds is 9. The van der Waals surface area contributed by atoms with E-state index in [4.69, 9.17) is 16.6 Å². The number of nitrogens with zero attached hydrogens (tertiary/aromatic N) is 4. The predicted octanol–water partition coefficient (Wildman–Crippen LogP) is 3.30. The van der Waals surface area contributed by atoms with Gasteiger partial charge in [0.25, 0.3) is 0 Å². The molecule has 0 saturated heterocycles. The summed E-state index contributed by atoms with van der Waals surface area (Å²) in [7, 11) is 1.97. The van der Waals surface area contributed by atoms with Crippen LogP contribution in [0.5, 0.6) is 0 Å². The lowest BCUT2D eigenvalue weighted by Gasteiger charge is -2.19. The van der Waals surface area contributed by atoms with Crippen LogP contribution in [0.1, 0.15) is 36.5 Å². The standard InChI is InChI=1S/C20H29ClN6S/c1-15-25-26-18(27(15)2)13-23-19(22-10-5-11-28-3)24-14-20(8-9-20)16-6-4-7-17(21)12-16/h4,6-7,12H,5,8-11,13-14H2,1-3H3,(H2,22,23,24). The third kappa shape index (κ3) is 5.41. The van der Waals surface area contributed by atoms with Crippen LogP contribution in [-0.2, 0) is 19.0 Å². The van der Waals surface area contributed by atoms with Crippen LogP contribution in [0, 0.1) is 6.92 Å². The predicted molar refractivity (Wildman–Crippen MR) is 118 cm³/mol. The minimum absolute atomic E-state index is 0.161. The first-order valence-corrected chi connectivity index (χ1v) is 11.4. The molecule has 0 amide bonds. The highest BCUT2D eigenvalue weighted by atomic mass is 35.5. The summed E-state index contributed by atoms with van der Waals surface area (Å²) in [5.74, 6) is 3.72. The molecule has 0 bridgehead atoms. The van der Waals surface area contributed by atoms with Crippen LogP contribution >= 0.6 is 23.4 Å². The molecule has 2 N–H and O–H groups in total. The Morgan fingerprint density at radius 1 is 1.32 bits per heavy atom. The highest BCUT2D eigenvalue weighted by Crippen LogP contribution is 2.48. The summed E-state index contributed by atoms with van der Waals surface area (Å²) < 4.78 is 1.98. The Morgan fingerprint density at radius 3 is 2.79 bits per heavy atom. The molecule has 3 rings (SSSR count). The van der Waals surface area contributed by atoms with Crippen molar-refractivity contribution in [2.24, 2.45) is 12.0 Å². The number of aromatic nitrogens is 3. The molecule has 1 aliphatic rings. The van der Waals surface area contributed by atoms with Gasteiger partial charge in [0, 0.05) is 30.6 Å². The van der Waals surface area contributed by atoms with Gasteiger partial charge in [-0.25, -0.2) is 4.99 Å². The van der Waals surface area contributed by atoms with E-state index in [2.05, 4.69) is 39.2 Å². The van der Waals surface area contributed by atoms with Crippen molar-refractivity contribution in [2.45, 2.75) is 38.1 Å². The lowest BCUT2D eigenvalue weighted by Crippen LogP contribution is -2.42. The van der Waals surface area contributed by atoms with Crippen LogP contribution in [-0.4, -0.2) is 45.8 Å². The summed E-state index contributed by atoms with van der Waals surface area (Å²) in [5, 5.41) is 16.1. The fourth-order valence-electron chi connectivity index (χ4n) is 3.13. The van der Waals surface area contributed by atoms with E-state index in [1.807, 2.05) is 42.4 Å². The maximum atomic E-state index is 6.20. The smallest absolute Gasteiger partial charge is 0.191 e. The second kappa shape index (κ2) is 9.65. The molecule has 1 fully saturated rings. The number of hydrogen-bond donors (Lipinski definition) is 2. The number of thioether (sulfide) groups is 1. The largest absolute Gasteiger partial charge is 0.356 e. The molecule has 0 spiro atoms. The van der Waals surface area contributed by atoms with Gasteiger partial charge < -0.3 is 15.2 Å². The second-order valence-corrected chi connectivity index (χ2v) is 8.73. The molecule has 6 nitrogen and oxygen atoms in total. The molecule has 0 unspecified atom stereocenters. The van der Waals surface area contributed by atoms with E-state index in [1.165, 1.54) is 18.4 Å². The van der Waals surface area contributed by atoms with Crippen molar-refractivity contribution in [1.29, 1.82) is 0 Å². The van der Waals surface area contributed by atoms with Gasteiger partial charge in [0.15, 0.2) is 11.8 Å². The Kier molecular flexibility index (Phi) is 7.24.